The molecule has 0 aliphatic carbocycles. The second kappa shape index (κ2) is 4.59. The van der Waals surface area contributed by atoms with E-state index in [0.29, 0.717) is 6.42 Å². The summed E-state index contributed by atoms with van der Waals surface area (Å²) in [4.78, 5) is 0. The number of methoxy groups -OCH3 is 1. The minimum atomic E-state index is -0.582. The third-order valence-corrected chi connectivity index (χ3v) is 2.77. The van der Waals surface area contributed by atoms with Gasteiger partial charge in [-0.15, -0.1) is 0 Å². The second-order valence-corrected chi connectivity index (χ2v) is 3.52. The highest BCUT2D eigenvalue weighted by atomic mass is 127. The topological polar surface area (TPSA) is 38.7 Å². The van der Waals surface area contributed by atoms with Gasteiger partial charge in [0.15, 0.2) is 6.29 Å². The van der Waals surface area contributed by atoms with E-state index in [1.165, 1.54) is 0 Å². The van der Waals surface area contributed by atoms with Crippen molar-refractivity contribution in [3.8, 4) is 0 Å². The summed E-state index contributed by atoms with van der Waals surface area (Å²) in [6.45, 7) is 0. The van der Waals surface area contributed by atoms with Crippen LogP contribution in [0.5, 0.6) is 0 Å². The van der Waals surface area contributed by atoms with Crippen molar-refractivity contribution in [2.24, 2.45) is 0 Å². The minimum Gasteiger partial charge on any atom is -0.379 e. The van der Waals surface area contributed by atoms with E-state index in [0.717, 1.165) is 10.8 Å². The zero-order valence-electron chi connectivity index (χ0n) is 6.50. The fraction of sp³-hybridized carbons (Fsp3) is 1.00. The van der Waals surface area contributed by atoms with E-state index < -0.39 is 6.29 Å². The van der Waals surface area contributed by atoms with Gasteiger partial charge in [-0.25, -0.2) is 0 Å². The molecule has 0 amide bonds. The Kier molecular flexibility index (Phi) is 4.05. The van der Waals surface area contributed by atoms with Crippen LogP contribution < -0.4 is 0 Å². The molecule has 66 valence electrons. The number of hydrogen-bond donors (Lipinski definition) is 1. The summed E-state index contributed by atoms with van der Waals surface area (Å²) in [6.07, 6.45) is 1.22. The van der Waals surface area contributed by atoms with Gasteiger partial charge in [0.1, 0.15) is 0 Å². The molecule has 1 aliphatic heterocycles. The molecule has 0 aromatic heterocycles. The zero-order chi connectivity index (χ0) is 8.27. The molecule has 0 spiro atoms. The molecule has 1 saturated heterocycles. The van der Waals surface area contributed by atoms with Crippen LogP contribution in [0.25, 0.3) is 0 Å². The molecule has 1 fully saturated rings. The first-order valence-electron chi connectivity index (χ1n) is 3.70. The van der Waals surface area contributed by atoms with Gasteiger partial charge >= 0.3 is 0 Å². The highest BCUT2D eigenvalue weighted by Crippen LogP contribution is 2.21. The number of aliphatic hydroxyl groups is 1. The van der Waals surface area contributed by atoms with Crippen LogP contribution in [0.1, 0.15) is 12.8 Å². The first kappa shape index (κ1) is 9.70. The summed E-state index contributed by atoms with van der Waals surface area (Å²) < 4.78 is 11.3. The molecular formula is C7H13IO3. The lowest BCUT2D eigenvalue weighted by Gasteiger charge is -2.32. The highest BCUT2D eigenvalue weighted by molar-refractivity contribution is 14.1. The van der Waals surface area contributed by atoms with Crippen molar-refractivity contribution in [2.45, 2.75) is 31.3 Å². The number of aliphatic hydroxyl groups excluding tert-OH is 1. The SMILES string of the molecule is CO[C@H]1CC[C@@H](O)O[C@@H]1CI. The maximum absolute atomic E-state index is 9.14. The summed E-state index contributed by atoms with van der Waals surface area (Å²) in [5.74, 6) is 0. The van der Waals surface area contributed by atoms with Crippen molar-refractivity contribution in [1.29, 1.82) is 0 Å². The van der Waals surface area contributed by atoms with Crippen LogP contribution in [-0.2, 0) is 9.47 Å². The standard InChI is InChI=1S/C7H13IO3/c1-10-5-2-3-7(9)11-6(5)4-8/h5-7,9H,2-4H2,1H3/t5-,6+,7-/m0/s1. The van der Waals surface area contributed by atoms with Gasteiger partial charge in [0.05, 0.1) is 12.2 Å². The van der Waals surface area contributed by atoms with E-state index in [2.05, 4.69) is 22.6 Å². The van der Waals surface area contributed by atoms with Gasteiger partial charge in [0.25, 0.3) is 0 Å². The van der Waals surface area contributed by atoms with Crippen molar-refractivity contribution in [2.75, 3.05) is 11.5 Å². The molecule has 0 bridgehead atoms. The summed E-state index contributed by atoms with van der Waals surface area (Å²) in [7, 11) is 1.69. The van der Waals surface area contributed by atoms with Gasteiger partial charge in [-0.05, 0) is 6.42 Å². The Labute approximate surface area is 80.2 Å². The third-order valence-electron chi connectivity index (χ3n) is 1.90. The van der Waals surface area contributed by atoms with Crippen LogP contribution in [0.2, 0.25) is 0 Å². The van der Waals surface area contributed by atoms with Gasteiger partial charge in [-0.2, -0.15) is 0 Å². The van der Waals surface area contributed by atoms with E-state index in [9.17, 15) is 0 Å². The van der Waals surface area contributed by atoms with E-state index in [4.69, 9.17) is 14.6 Å². The van der Waals surface area contributed by atoms with Gasteiger partial charge in [0, 0.05) is 18.0 Å². The molecule has 0 saturated carbocycles. The zero-order valence-corrected chi connectivity index (χ0v) is 8.65. The first-order valence-corrected chi connectivity index (χ1v) is 5.22. The van der Waals surface area contributed by atoms with Crippen molar-refractivity contribution in [3.63, 3.8) is 0 Å². The minimum absolute atomic E-state index is 0.0596. The summed E-state index contributed by atoms with van der Waals surface area (Å²) in [6, 6.07) is 0. The van der Waals surface area contributed by atoms with E-state index >= 15 is 0 Å². The third kappa shape index (κ3) is 2.54. The predicted molar refractivity (Wildman–Crippen MR) is 49.8 cm³/mol. The van der Waals surface area contributed by atoms with Crippen molar-refractivity contribution in [1.82, 2.24) is 0 Å². The number of rotatable bonds is 2. The first-order chi connectivity index (χ1) is 5.27. The van der Waals surface area contributed by atoms with Gasteiger partial charge < -0.3 is 14.6 Å². The molecule has 1 rings (SSSR count). The molecule has 3 atom stereocenters. The number of ether oxygens (including phenoxy) is 2. The smallest absolute Gasteiger partial charge is 0.155 e. The highest BCUT2D eigenvalue weighted by Gasteiger charge is 2.29. The quantitative estimate of drug-likeness (QED) is 0.600. The monoisotopic (exact) mass is 272 g/mol. The van der Waals surface area contributed by atoms with Crippen LogP contribution >= 0.6 is 22.6 Å². The van der Waals surface area contributed by atoms with E-state index in [1.54, 1.807) is 7.11 Å². The lowest BCUT2D eigenvalue weighted by molar-refractivity contribution is -0.195. The van der Waals surface area contributed by atoms with Crippen LogP contribution in [0.4, 0.5) is 0 Å². The molecule has 0 aromatic rings. The molecule has 0 unspecified atom stereocenters. The average molecular weight is 272 g/mol. The fourth-order valence-electron chi connectivity index (χ4n) is 1.26. The van der Waals surface area contributed by atoms with Crippen molar-refractivity contribution in [3.05, 3.63) is 0 Å². The molecule has 11 heavy (non-hydrogen) atoms. The van der Waals surface area contributed by atoms with Crippen LogP contribution in [-0.4, -0.2) is 35.1 Å². The molecule has 0 radical (unpaired) electrons. The largest absolute Gasteiger partial charge is 0.379 e. The lowest BCUT2D eigenvalue weighted by Crippen LogP contribution is -2.40. The summed E-state index contributed by atoms with van der Waals surface area (Å²) in [5, 5.41) is 9.14. The number of alkyl halides is 1. The maximum atomic E-state index is 9.14. The second-order valence-electron chi connectivity index (χ2n) is 2.63. The predicted octanol–water partition coefficient (Wildman–Crippen LogP) is 0.934. The van der Waals surface area contributed by atoms with E-state index in [1.807, 2.05) is 0 Å². The Balaban J connectivity index is 2.41. The van der Waals surface area contributed by atoms with Gasteiger partial charge in [0.2, 0.25) is 0 Å². The Morgan fingerprint density at radius 2 is 2.36 bits per heavy atom. The van der Waals surface area contributed by atoms with Crippen LogP contribution in [0.3, 0.4) is 0 Å². The Bertz CT molecular complexity index is 120. The molecule has 0 aromatic carbocycles. The Morgan fingerprint density at radius 1 is 1.64 bits per heavy atom. The molecule has 1 N–H and O–H groups in total. The van der Waals surface area contributed by atoms with Crippen LogP contribution in [0.15, 0.2) is 0 Å². The van der Waals surface area contributed by atoms with Crippen molar-refractivity contribution < 1.29 is 14.6 Å². The Morgan fingerprint density at radius 3 is 2.91 bits per heavy atom. The van der Waals surface area contributed by atoms with Gasteiger partial charge in [-0.1, -0.05) is 22.6 Å². The molecular weight excluding hydrogens is 259 g/mol. The maximum Gasteiger partial charge on any atom is 0.155 e. The van der Waals surface area contributed by atoms with E-state index in [-0.39, 0.29) is 12.2 Å². The van der Waals surface area contributed by atoms with Crippen molar-refractivity contribution >= 4 is 22.6 Å². The number of hydrogen-bond acceptors (Lipinski definition) is 3. The molecule has 3 nitrogen and oxygen atoms in total. The fourth-order valence-corrected chi connectivity index (χ4v) is 2.03. The molecule has 4 heteroatoms. The average Bonchev–Trinajstić information content (AvgIpc) is 2.04. The summed E-state index contributed by atoms with van der Waals surface area (Å²) >= 11 is 2.24. The van der Waals surface area contributed by atoms with Crippen LogP contribution in [0, 0.1) is 0 Å². The lowest BCUT2D eigenvalue weighted by atomic mass is 10.1. The summed E-state index contributed by atoms with van der Waals surface area (Å²) in [5.41, 5.74) is 0. The van der Waals surface area contributed by atoms with Gasteiger partial charge in [-0.3, -0.25) is 0 Å². The Hall–Kier alpha value is 0.610. The molecule has 1 aliphatic rings. The normalized spacial score (nSPS) is 39.0. The molecule has 1 heterocycles. The number of halogens is 1.